The van der Waals surface area contributed by atoms with Gasteiger partial charge in [0.1, 0.15) is 0 Å². The minimum atomic E-state index is -0.579. The second kappa shape index (κ2) is 7.69. The molecule has 1 rings (SSSR count). The van der Waals surface area contributed by atoms with Gasteiger partial charge in [-0.2, -0.15) is 0 Å². The van der Waals surface area contributed by atoms with Crippen LogP contribution >= 0.6 is 11.6 Å². The van der Waals surface area contributed by atoms with Crippen molar-refractivity contribution < 1.29 is 14.5 Å². The number of carbonyl (C=O) groups is 1. The lowest BCUT2D eigenvalue weighted by molar-refractivity contribution is -0.385. The smallest absolute Gasteiger partial charge is 0.311 e. The Morgan fingerprint density at radius 2 is 2.25 bits per heavy atom. The molecule has 110 valence electrons. The molecule has 0 heterocycles. The molecule has 20 heavy (non-hydrogen) atoms. The Morgan fingerprint density at radius 1 is 1.55 bits per heavy atom. The zero-order valence-electron chi connectivity index (χ0n) is 11.4. The van der Waals surface area contributed by atoms with Crippen LogP contribution in [0, 0.1) is 10.1 Å². The average molecular weight is 301 g/mol. The SMILES string of the molecule is COc1c(C(=O)NCCCC(C)Cl)cccc1[N+](=O)[O-]. The summed E-state index contributed by atoms with van der Waals surface area (Å²) in [6.07, 6.45) is 1.53. The van der Waals surface area contributed by atoms with E-state index in [9.17, 15) is 14.9 Å². The first-order chi connectivity index (χ1) is 9.47. The standard InChI is InChI=1S/C13H17ClN2O4/c1-9(14)5-4-8-15-13(17)10-6-3-7-11(16(18)19)12(10)20-2/h3,6-7,9H,4-5,8H2,1-2H3,(H,15,17). The summed E-state index contributed by atoms with van der Waals surface area (Å²) in [6, 6.07) is 4.24. The van der Waals surface area contributed by atoms with Crippen LogP contribution in [0.3, 0.4) is 0 Å². The molecule has 0 bridgehead atoms. The van der Waals surface area contributed by atoms with Crippen LogP contribution in [-0.4, -0.2) is 29.9 Å². The molecular weight excluding hydrogens is 284 g/mol. The van der Waals surface area contributed by atoms with Crippen LogP contribution in [0.25, 0.3) is 0 Å². The van der Waals surface area contributed by atoms with Crippen LogP contribution < -0.4 is 10.1 Å². The van der Waals surface area contributed by atoms with Crippen molar-refractivity contribution in [3.05, 3.63) is 33.9 Å². The number of carbonyl (C=O) groups excluding carboxylic acids is 1. The van der Waals surface area contributed by atoms with Gasteiger partial charge >= 0.3 is 5.69 Å². The Bertz CT molecular complexity index is 491. The van der Waals surface area contributed by atoms with Crippen LogP contribution in [0.5, 0.6) is 5.75 Å². The van der Waals surface area contributed by atoms with Crippen LogP contribution in [0.15, 0.2) is 18.2 Å². The molecule has 0 aromatic heterocycles. The van der Waals surface area contributed by atoms with E-state index in [1.807, 2.05) is 6.92 Å². The maximum atomic E-state index is 12.0. The molecule has 1 aromatic carbocycles. The highest BCUT2D eigenvalue weighted by Gasteiger charge is 2.22. The molecular formula is C13H17ClN2O4. The molecule has 0 aliphatic rings. The van der Waals surface area contributed by atoms with Crippen molar-refractivity contribution in [2.45, 2.75) is 25.1 Å². The summed E-state index contributed by atoms with van der Waals surface area (Å²) in [5.41, 5.74) is -0.0739. The van der Waals surface area contributed by atoms with Gasteiger partial charge in [0, 0.05) is 18.0 Å². The third-order valence-electron chi connectivity index (χ3n) is 2.70. The minimum absolute atomic E-state index is 0.0271. The minimum Gasteiger partial charge on any atom is -0.490 e. The predicted molar refractivity (Wildman–Crippen MR) is 76.5 cm³/mol. The molecule has 0 saturated heterocycles. The topological polar surface area (TPSA) is 81.5 Å². The monoisotopic (exact) mass is 300 g/mol. The maximum absolute atomic E-state index is 12.0. The number of hydrogen-bond acceptors (Lipinski definition) is 4. The number of nitrogens with one attached hydrogen (secondary N) is 1. The van der Waals surface area contributed by atoms with E-state index in [1.54, 1.807) is 0 Å². The maximum Gasteiger partial charge on any atom is 0.311 e. The van der Waals surface area contributed by atoms with Crippen molar-refractivity contribution in [3.63, 3.8) is 0 Å². The number of halogens is 1. The zero-order valence-corrected chi connectivity index (χ0v) is 12.1. The van der Waals surface area contributed by atoms with E-state index in [4.69, 9.17) is 16.3 Å². The van der Waals surface area contributed by atoms with E-state index in [2.05, 4.69) is 5.32 Å². The van der Waals surface area contributed by atoms with Crippen LogP contribution in [-0.2, 0) is 0 Å². The summed E-state index contributed by atoms with van der Waals surface area (Å²) in [5.74, 6) is -0.423. The fraction of sp³-hybridized carbons (Fsp3) is 0.462. The number of methoxy groups -OCH3 is 1. The number of rotatable bonds is 7. The molecule has 1 unspecified atom stereocenters. The number of nitrogens with zero attached hydrogens (tertiary/aromatic N) is 1. The Labute approximate surface area is 122 Å². The summed E-state index contributed by atoms with van der Waals surface area (Å²) >= 11 is 5.81. The van der Waals surface area contributed by atoms with E-state index in [1.165, 1.54) is 25.3 Å². The lowest BCUT2D eigenvalue weighted by Gasteiger charge is -2.09. The van der Waals surface area contributed by atoms with Crippen molar-refractivity contribution in [3.8, 4) is 5.75 Å². The van der Waals surface area contributed by atoms with Gasteiger partial charge in [-0.3, -0.25) is 14.9 Å². The first kappa shape index (κ1) is 16.2. The van der Waals surface area contributed by atoms with Gasteiger partial charge in [-0.15, -0.1) is 11.6 Å². The molecule has 0 spiro atoms. The quantitative estimate of drug-likeness (QED) is 0.363. The fourth-order valence-electron chi connectivity index (χ4n) is 1.74. The Hall–Kier alpha value is -1.82. The Kier molecular flexibility index (Phi) is 6.24. The van der Waals surface area contributed by atoms with Crippen molar-refractivity contribution in [2.24, 2.45) is 0 Å². The van der Waals surface area contributed by atoms with Gasteiger partial charge in [-0.05, 0) is 25.8 Å². The van der Waals surface area contributed by atoms with Crippen molar-refractivity contribution in [2.75, 3.05) is 13.7 Å². The van der Waals surface area contributed by atoms with Gasteiger partial charge in [0.15, 0.2) is 0 Å². The number of alkyl halides is 1. The largest absolute Gasteiger partial charge is 0.490 e. The van der Waals surface area contributed by atoms with Gasteiger partial charge < -0.3 is 10.1 Å². The normalized spacial score (nSPS) is 11.8. The summed E-state index contributed by atoms with van der Waals surface area (Å²) in [4.78, 5) is 22.3. The summed E-state index contributed by atoms with van der Waals surface area (Å²) in [6.45, 7) is 2.34. The second-order valence-electron chi connectivity index (χ2n) is 4.29. The zero-order chi connectivity index (χ0) is 15.1. The Morgan fingerprint density at radius 3 is 2.80 bits per heavy atom. The molecule has 1 N–H and O–H groups in total. The summed E-state index contributed by atoms with van der Waals surface area (Å²) < 4.78 is 4.98. The summed E-state index contributed by atoms with van der Waals surface area (Å²) in [7, 11) is 1.30. The number of para-hydroxylation sites is 1. The van der Waals surface area contributed by atoms with Gasteiger partial charge in [-0.25, -0.2) is 0 Å². The van der Waals surface area contributed by atoms with Crippen molar-refractivity contribution in [1.29, 1.82) is 0 Å². The molecule has 0 aliphatic heterocycles. The number of amides is 1. The highest BCUT2D eigenvalue weighted by Crippen LogP contribution is 2.30. The number of ether oxygens (including phenoxy) is 1. The summed E-state index contributed by atoms with van der Waals surface area (Å²) in [5, 5.41) is 13.6. The van der Waals surface area contributed by atoms with E-state index in [0.29, 0.717) is 6.54 Å². The van der Waals surface area contributed by atoms with Gasteiger partial charge in [0.2, 0.25) is 5.75 Å². The van der Waals surface area contributed by atoms with Crippen molar-refractivity contribution in [1.82, 2.24) is 5.32 Å². The van der Waals surface area contributed by atoms with Gasteiger partial charge in [0.05, 0.1) is 17.6 Å². The third kappa shape index (κ3) is 4.38. The lowest BCUT2D eigenvalue weighted by atomic mass is 10.1. The predicted octanol–water partition coefficient (Wildman–Crippen LogP) is 2.74. The highest BCUT2D eigenvalue weighted by atomic mass is 35.5. The molecule has 0 aliphatic carbocycles. The molecule has 0 radical (unpaired) electrons. The Balaban J connectivity index is 2.77. The number of nitro groups is 1. The molecule has 1 atom stereocenters. The van der Waals surface area contributed by atoms with E-state index < -0.39 is 10.8 Å². The number of hydrogen-bond donors (Lipinski definition) is 1. The molecule has 1 aromatic rings. The molecule has 0 saturated carbocycles. The van der Waals surface area contributed by atoms with E-state index in [0.717, 1.165) is 12.8 Å². The van der Waals surface area contributed by atoms with Crippen LogP contribution in [0.2, 0.25) is 0 Å². The van der Waals surface area contributed by atoms with E-state index >= 15 is 0 Å². The van der Waals surface area contributed by atoms with Gasteiger partial charge in [0.25, 0.3) is 5.91 Å². The van der Waals surface area contributed by atoms with Gasteiger partial charge in [-0.1, -0.05) is 6.07 Å². The molecule has 6 nitrogen and oxygen atoms in total. The number of nitro benzene ring substituents is 1. The van der Waals surface area contributed by atoms with Crippen LogP contribution in [0.4, 0.5) is 5.69 Å². The highest BCUT2D eigenvalue weighted by molar-refractivity contribution is 6.20. The first-order valence-corrected chi connectivity index (χ1v) is 6.64. The fourth-order valence-corrected chi connectivity index (χ4v) is 1.90. The molecule has 7 heteroatoms. The van der Waals surface area contributed by atoms with E-state index in [-0.39, 0.29) is 22.4 Å². The third-order valence-corrected chi connectivity index (χ3v) is 2.92. The van der Waals surface area contributed by atoms with Crippen molar-refractivity contribution >= 4 is 23.2 Å². The molecule has 1 amide bonds. The first-order valence-electron chi connectivity index (χ1n) is 6.21. The lowest BCUT2D eigenvalue weighted by Crippen LogP contribution is -2.25. The van der Waals surface area contributed by atoms with Crippen LogP contribution in [0.1, 0.15) is 30.1 Å². The second-order valence-corrected chi connectivity index (χ2v) is 5.04. The average Bonchev–Trinajstić information content (AvgIpc) is 2.42. The number of benzene rings is 1. The molecule has 0 fully saturated rings.